The van der Waals surface area contributed by atoms with Crippen LogP contribution in [0.4, 0.5) is 0 Å². The molecule has 19 heavy (non-hydrogen) atoms. The SMILES string of the molecule is Cc1cc(C)cc(C(=O)N2CC[C@@H]3NC(=O)C[C@H]32)c1. The van der Waals surface area contributed by atoms with Crippen LogP contribution in [0.15, 0.2) is 18.2 Å². The van der Waals surface area contributed by atoms with Crippen molar-refractivity contribution in [2.45, 2.75) is 38.8 Å². The lowest BCUT2D eigenvalue weighted by molar-refractivity contribution is -0.119. The molecule has 1 aromatic carbocycles. The summed E-state index contributed by atoms with van der Waals surface area (Å²) in [6, 6.07) is 6.10. The molecule has 0 unspecified atom stereocenters. The van der Waals surface area contributed by atoms with Crippen LogP contribution in [-0.4, -0.2) is 35.3 Å². The van der Waals surface area contributed by atoms with Crippen LogP contribution >= 0.6 is 0 Å². The second kappa shape index (κ2) is 4.37. The van der Waals surface area contributed by atoms with Crippen molar-refractivity contribution < 1.29 is 9.59 Å². The van der Waals surface area contributed by atoms with Crippen molar-refractivity contribution in [2.24, 2.45) is 0 Å². The van der Waals surface area contributed by atoms with Crippen LogP contribution in [-0.2, 0) is 4.79 Å². The Balaban J connectivity index is 1.86. The summed E-state index contributed by atoms with van der Waals surface area (Å²) in [5, 5.41) is 2.94. The third-order valence-corrected chi connectivity index (χ3v) is 4.02. The maximum absolute atomic E-state index is 12.6. The number of amides is 2. The predicted molar refractivity (Wildman–Crippen MR) is 71.9 cm³/mol. The van der Waals surface area contributed by atoms with Crippen molar-refractivity contribution in [3.8, 4) is 0 Å². The molecule has 0 radical (unpaired) electrons. The van der Waals surface area contributed by atoms with E-state index in [4.69, 9.17) is 0 Å². The lowest BCUT2D eigenvalue weighted by Crippen LogP contribution is -2.38. The summed E-state index contributed by atoms with van der Waals surface area (Å²) in [5.41, 5.74) is 2.93. The monoisotopic (exact) mass is 258 g/mol. The summed E-state index contributed by atoms with van der Waals surface area (Å²) in [5.74, 6) is 0.115. The van der Waals surface area contributed by atoms with Gasteiger partial charge in [-0.1, -0.05) is 17.2 Å². The van der Waals surface area contributed by atoms with Gasteiger partial charge in [0, 0.05) is 18.5 Å². The Kier molecular flexibility index (Phi) is 2.81. The summed E-state index contributed by atoms with van der Waals surface area (Å²) in [7, 11) is 0. The lowest BCUT2D eigenvalue weighted by Gasteiger charge is -2.23. The van der Waals surface area contributed by atoms with Crippen molar-refractivity contribution in [2.75, 3.05) is 6.54 Å². The molecule has 0 saturated carbocycles. The number of nitrogens with one attached hydrogen (secondary N) is 1. The van der Waals surface area contributed by atoms with Crippen LogP contribution < -0.4 is 5.32 Å². The minimum absolute atomic E-state index is 0.0424. The molecule has 100 valence electrons. The fraction of sp³-hybridized carbons (Fsp3) is 0.467. The van der Waals surface area contributed by atoms with E-state index in [2.05, 4.69) is 11.4 Å². The highest BCUT2D eigenvalue weighted by Gasteiger charge is 2.43. The number of benzene rings is 1. The quantitative estimate of drug-likeness (QED) is 0.828. The van der Waals surface area contributed by atoms with Gasteiger partial charge in [0.05, 0.1) is 12.1 Å². The van der Waals surface area contributed by atoms with Crippen LogP contribution in [0.25, 0.3) is 0 Å². The molecule has 2 atom stereocenters. The summed E-state index contributed by atoms with van der Waals surface area (Å²) in [6.07, 6.45) is 1.31. The normalized spacial score (nSPS) is 25.4. The number of aryl methyl sites for hydroxylation is 2. The minimum atomic E-state index is 0.0424. The summed E-state index contributed by atoms with van der Waals surface area (Å²) in [4.78, 5) is 25.9. The number of carbonyl (C=O) groups excluding carboxylic acids is 2. The van der Waals surface area contributed by atoms with E-state index in [0.717, 1.165) is 29.7 Å². The van der Waals surface area contributed by atoms with E-state index in [1.165, 1.54) is 0 Å². The average molecular weight is 258 g/mol. The van der Waals surface area contributed by atoms with Gasteiger partial charge in [0.2, 0.25) is 5.91 Å². The van der Waals surface area contributed by atoms with Gasteiger partial charge in [0.25, 0.3) is 5.91 Å². The molecule has 2 fully saturated rings. The first kappa shape index (κ1) is 12.2. The van der Waals surface area contributed by atoms with Crippen molar-refractivity contribution in [3.05, 3.63) is 34.9 Å². The second-order valence-corrected chi connectivity index (χ2v) is 5.61. The Bertz CT molecular complexity index is 533. The smallest absolute Gasteiger partial charge is 0.254 e. The lowest BCUT2D eigenvalue weighted by atomic mass is 10.1. The van der Waals surface area contributed by atoms with E-state index < -0.39 is 0 Å². The van der Waals surface area contributed by atoms with E-state index in [9.17, 15) is 9.59 Å². The number of hydrogen-bond donors (Lipinski definition) is 1. The van der Waals surface area contributed by atoms with Gasteiger partial charge >= 0.3 is 0 Å². The number of rotatable bonds is 1. The topological polar surface area (TPSA) is 49.4 Å². The molecule has 0 aromatic heterocycles. The summed E-state index contributed by atoms with van der Waals surface area (Å²) < 4.78 is 0. The fourth-order valence-electron chi connectivity index (χ4n) is 3.25. The first-order valence-corrected chi connectivity index (χ1v) is 6.73. The van der Waals surface area contributed by atoms with Gasteiger partial charge in [0.1, 0.15) is 0 Å². The number of nitrogens with zero attached hydrogens (tertiary/aromatic N) is 1. The van der Waals surface area contributed by atoms with Crippen molar-refractivity contribution in [1.82, 2.24) is 10.2 Å². The highest BCUT2D eigenvalue weighted by Crippen LogP contribution is 2.27. The minimum Gasteiger partial charge on any atom is -0.351 e. The van der Waals surface area contributed by atoms with E-state index >= 15 is 0 Å². The Morgan fingerprint density at radius 2 is 1.95 bits per heavy atom. The summed E-state index contributed by atoms with van der Waals surface area (Å²) >= 11 is 0. The van der Waals surface area contributed by atoms with Crippen molar-refractivity contribution in [3.63, 3.8) is 0 Å². The Morgan fingerprint density at radius 1 is 1.26 bits per heavy atom. The first-order chi connectivity index (χ1) is 9.04. The molecule has 2 aliphatic heterocycles. The molecule has 2 aliphatic rings. The van der Waals surface area contributed by atoms with Gasteiger partial charge in [0.15, 0.2) is 0 Å². The van der Waals surface area contributed by atoms with Gasteiger partial charge in [-0.15, -0.1) is 0 Å². The van der Waals surface area contributed by atoms with Gasteiger partial charge in [-0.2, -0.15) is 0 Å². The molecule has 0 aliphatic carbocycles. The van der Waals surface area contributed by atoms with Crippen LogP contribution in [0.3, 0.4) is 0 Å². The third-order valence-electron chi connectivity index (χ3n) is 4.02. The largest absolute Gasteiger partial charge is 0.351 e. The highest BCUT2D eigenvalue weighted by molar-refractivity contribution is 5.96. The van der Waals surface area contributed by atoms with Gasteiger partial charge in [-0.3, -0.25) is 9.59 Å². The Hall–Kier alpha value is -1.84. The van der Waals surface area contributed by atoms with Crippen molar-refractivity contribution >= 4 is 11.8 Å². The van der Waals surface area contributed by atoms with Gasteiger partial charge in [-0.05, 0) is 32.4 Å². The molecule has 0 spiro atoms. The van der Waals surface area contributed by atoms with Gasteiger partial charge in [-0.25, -0.2) is 0 Å². The van der Waals surface area contributed by atoms with Crippen LogP contribution in [0.5, 0.6) is 0 Å². The predicted octanol–water partition coefficient (Wildman–Crippen LogP) is 1.41. The van der Waals surface area contributed by atoms with E-state index in [1.807, 2.05) is 30.9 Å². The molecule has 2 saturated heterocycles. The maximum Gasteiger partial charge on any atom is 0.254 e. The molecular formula is C15H18N2O2. The van der Waals surface area contributed by atoms with Gasteiger partial charge < -0.3 is 10.2 Å². The molecule has 4 nitrogen and oxygen atoms in total. The zero-order valence-electron chi connectivity index (χ0n) is 11.3. The summed E-state index contributed by atoms with van der Waals surface area (Å²) in [6.45, 7) is 4.73. The molecule has 1 aromatic rings. The van der Waals surface area contributed by atoms with E-state index in [1.54, 1.807) is 0 Å². The standard InChI is InChI=1S/C15H18N2O2/c1-9-5-10(2)7-11(6-9)15(19)17-4-3-12-13(17)8-14(18)16-12/h5-7,12-13H,3-4,8H2,1-2H3,(H,16,18)/t12-,13+/m0/s1. The Morgan fingerprint density at radius 3 is 2.63 bits per heavy atom. The molecule has 1 N–H and O–H groups in total. The number of fused-ring (bicyclic) bond motifs is 1. The maximum atomic E-state index is 12.6. The van der Waals surface area contributed by atoms with Crippen molar-refractivity contribution in [1.29, 1.82) is 0 Å². The second-order valence-electron chi connectivity index (χ2n) is 5.61. The molecule has 2 heterocycles. The molecule has 4 heteroatoms. The Labute approximate surface area is 112 Å². The van der Waals surface area contributed by atoms with E-state index in [-0.39, 0.29) is 23.9 Å². The number of carbonyl (C=O) groups is 2. The number of likely N-dealkylation sites (tertiary alicyclic amines) is 1. The van der Waals surface area contributed by atoms with Crippen LogP contribution in [0, 0.1) is 13.8 Å². The van der Waals surface area contributed by atoms with Crippen LogP contribution in [0.1, 0.15) is 34.3 Å². The molecule has 2 amide bonds. The molecule has 3 rings (SSSR count). The van der Waals surface area contributed by atoms with E-state index in [0.29, 0.717) is 6.42 Å². The fourth-order valence-corrected chi connectivity index (χ4v) is 3.25. The number of hydrogen-bond acceptors (Lipinski definition) is 2. The molecule has 0 bridgehead atoms. The molecular weight excluding hydrogens is 240 g/mol. The zero-order chi connectivity index (χ0) is 13.6. The highest BCUT2D eigenvalue weighted by atomic mass is 16.2. The zero-order valence-corrected chi connectivity index (χ0v) is 11.3. The third kappa shape index (κ3) is 2.11. The average Bonchev–Trinajstić information content (AvgIpc) is 2.85. The first-order valence-electron chi connectivity index (χ1n) is 6.73. The van der Waals surface area contributed by atoms with Crippen LogP contribution in [0.2, 0.25) is 0 Å².